The Balaban J connectivity index is 1.79. The highest BCUT2D eigenvalue weighted by atomic mass is 35.5. The van der Waals surface area contributed by atoms with E-state index in [1.165, 1.54) is 7.11 Å². The Morgan fingerprint density at radius 3 is 2.30 bits per heavy atom. The lowest BCUT2D eigenvalue weighted by molar-refractivity contribution is 0.187. The Bertz CT molecular complexity index is 972. The molecule has 3 rings (SSSR count). The predicted octanol–water partition coefficient (Wildman–Crippen LogP) is 7.65. The summed E-state index contributed by atoms with van der Waals surface area (Å²) < 4.78 is 40.8. The Hall–Kier alpha value is -2.69. The van der Waals surface area contributed by atoms with Gasteiger partial charge in [0.1, 0.15) is 23.2 Å². The maximum absolute atomic E-state index is 15.1. The van der Waals surface area contributed by atoms with Gasteiger partial charge >= 0.3 is 0 Å². The maximum atomic E-state index is 15.1. The van der Waals surface area contributed by atoms with E-state index in [1.54, 1.807) is 48.5 Å². The molecule has 2 nitrogen and oxygen atoms in total. The molecular weight excluding hydrogens is 406 g/mol. The van der Waals surface area contributed by atoms with Gasteiger partial charge in [0.2, 0.25) is 0 Å². The normalized spacial score (nSPS) is 12.9. The first-order chi connectivity index (χ1) is 14.6. The SMILES string of the molecule is COCCC(/C(F)=C(\F)Cc1cccc(Oc2ccccc2)c1)c1ccc(Cl)cc1. The van der Waals surface area contributed by atoms with Gasteiger partial charge in [0.15, 0.2) is 0 Å². The van der Waals surface area contributed by atoms with Crippen LogP contribution in [0.4, 0.5) is 8.78 Å². The molecule has 0 saturated carbocycles. The largest absolute Gasteiger partial charge is 0.457 e. The van der Waals surface area contributed by atoms with Gasteiger partial charge in [-0.15, -0.1) is 0 Å². The molecule has 3 aromatic carbocycles. The second kappa shape index (κ2) is 10.9. The zero-order valence-corrected chi connectivity index (χ0v) is 17.4. The van der Waals surface area contributed by atoms with Crippen LogP contribution in [0.5, 0.6) is 11.5 Å². The molecule has 0 aliphatic heterocycles. The van der Waals surface area contributed by atoms with Crippen LogP contribution in [0, 0.1) is 0 Å². The molecule has 0 fully saturated rings. The average Bonchev–Trinajstić information content (AvgIpc) is 2.76. The number of hydrogen-bond donors (Lipinski definition) is 0. The van der Waals surface area contributed by atoms with Crippen molar-refractivity contribution in [3.05, 3.63) is 107 Å². The number of allylic oxidation sites excluding steroid dienone is 2. The molecule has 1 atom stereocenters. The van der Waals surface area contributed by atoms with Crippen molar-refractivity contribution in [1.82, 2.24) is 0 Å². The summed E-state index contributed by atoms with van der Waals surface area (Å²) in [4.78, 5) is 0. The molecule has 30 heavy (non-hydrogen) atoms. The van der Waals surface area contributed by atoms with Gasteiger partial charge in [0.25, 0.3) is 0 Å². The van der Waals surface area contributed by atoms with Crippen LogP contribution < -0.4 is 4.74 Å². The van der Waals surface area contributed by atoms with Crippen molar-refractivity contribution in [1.29, 1.82) is 0 Å². The van der Waals surface area contributed by atoms with E-state index in [0.29, 0.717) is 40.7 Å². The highest BCUT2D eigenvalue weighted by Gasteiger charge is 2.21. The topological polar surface area (TPSA) is 18.5 Å². The van der Waals surface area contributed by atoms with Gasteiger partial charge in [0.05, 0.1) is 0 Å². The summed E-state index contributed by atoms with van der Waals surface area (Å²) in [5, 5.41) is 0.546. The Morgan fingerprint density at radius 2 is 1.60 bits per heavy atom. The first-order valence-electron chi connectivity index (χ1n) is 9.67. The third-order valence-corrected chi connectivity index (χ3v) is 4.94. The summed E-state index contributed by atoms with van der Waals surface area (Å²) >= 11 is 5.93. The minimum Gasteiger partial charge on any atom is -0.457 e. The molecule has 0 bridgehead atoms. The molecule has 0 aliphatic rings. The lowest BCUT2D eigenvalue weighted by atomic mass is 9.93. The summed E-state index contributed by atoms with van der Waals surface area (Å²) in [5.74, 6) is -1.07. The smallest absolute Gasteiger partial charge is 0.139 e. The van der Waals surface area contributed by atoms with Gasteiger partial charge in [-0.25, -0.2) is 8.78 Å². The molecular formula is C25H23ClF2O2. The van der Waals surface area contributed by atoms with Gasteiger partial charge in [-0.1, -0.05) is 54.1 Å². The van der Waals surface area contributed by atoms with E-state index in [0.717, 1.165) is 0 Å². The van der Waals surface area contributed by atoms with Crippen molar-refractivity contribution in [3.8, 4) is 11.5 Å². The van der Waals surface area contributed by atoms with E-state index in [1.807, 2.05) is 30.3 Å². The Kier molecular flexibility index (Phi) is 8.00. The fourth-order valence-corrected chi connectivity index (χ4v) is 3.29. The lowest BCUT2D eigenvalue weighted by Gasteiger charge is -2.16. The quantitative estimate of drug-likeness (QED) is 0.348. The summed E-state index contributed by atoms with van der Waals surface area (Å²) in [6, 6.07) is 23.1. The van der Waals surface area contributed by atoms with Gasteiger partial charge in [-0.3, -0.25) is 0 Å². The summed E-state index contributed by atoms with van der Waals surface area (Å²) in [5.41, 5.74) is 1.28. The standard InChI is InChI=1S/C25H23ClF2O2/c1-29-15-14-23(19-10-12-20(26)13-11-19)25(28)24(27)17-18-6-5-9-22(16-18)30-21-7-3-2-4-8-21/h2-13,16,23H,14-15,17H2,1H3/b25-24+. The molecule has 0 N–H and O–H groups in total. The zero-order valence-electron chi connectivity index (χ0n) is 16.7. The van der Waals surface area contributed by atoms with Crippen LogP contribution in [0.25, 0.3) is 0 Å². The molecule has 0 radical (unpaired) electrons. The van der Waals surface area contributed by atoms with E-state index >= 15 is 4.39 Å². The maximum Gasteiger partial charge on any atom is 0.139 e. The molecule has 0 saturated heterocycles. The fourth-order valence-electron chi connectivity index (χ4n) is 3.17. The molecule has 3 aromatic rings. The van der Waals surface area contributed by atoms with E-state index in [2.05, 4.69) is 0 Å². The number of ether oxygens (including phenoxy) is 2. The van der Waals surface area contributed by atoms with Crippen molar-refractivity contribution in [2.24, 2.45) is 0 Å². The average molecular weight is 429 g/mol. The number of hydrogen-bond acceptors (Lipinski definition) is 2. The van der Waals surface area contributed by atoms with E-state index in [4.69, 9.17) is 21.1 Å². The predicted molar refractivity (Wildman–Crippen MR) is 117 cm³/mol. The lowest BCUT2D eigenvalue weighted by Crippen LogP contribution is -2.06. The van der Waals surface area contributed by atoms with Gasteiger partial charge in [0, 0.05) is 31.1 Å². The first kappa shape index (κ1) is 22.0. The van der Waals surface area contributed by atoms with Crippen LogP contribution in [0.2, 0.25) is 5.02 Å². The van der Waals surface area contributed by atoms with Crippen molar-refractivity contribution in [3.63, 3.8) is 0 Å². The minimum absolute atomic E-state index is 0.158. The van der Waals surface area contributed by atoms with Gasteiger partial charge in [-0.05, 0) is 53.9 Å². The molecule has 5 heteroatoms. The molecule has 1 unspecified atom stereocenters. The third-order valence-electron chi connectivity index (χ3n) is 4.68. The molecule has 0 aromatic heterocycles. The van der Waals surface area contributed by atoms with E-state index in [-0.39, 0.29) is 6.42 Å². The monoisotopic (exact) mass is 428 g/mol. The van der Waals surface area contributed by atoms with Crippen LogP contribution in [0.15, 0.2) is 90.5 Å². The minimum atomic E-state index is -0.803. The van der Waals surface area contributed by atoms with Crippen LogP contribution >= 0.6 is 11.6 Å². The first-order valence-corrected chi connectivity index (χ1v) is 10.0. The highest BCUT2D eigenvalue weighted by Crippen LogP contribution is 2.34. The number of para-hydroxylation sites is 1. The Labute approximate surface area is 180 Å². The third kappa shape index (κ3) is 6.15. The number of rotatable bonds is 9. The fraction of sp³-hybridized carbons (Fsp3) is 0.200. The van der Waals surface area contributed by atoms with Crippen molar-refractivity contribution >= 4 is 11.6 Å². The van der Waals surface area contributed by atoms with Crippen LogP contribution in [0.3, 0.4) is 0 Å². The van der Waals surface area contributed by atoms with Crippen LogP contribution in [0.1, 0.15) is 23.5 Å². The number of benzene rings is 3. The highest BCUT2D eigenvalue weighted by molar-refractivity contribution is 6.30. The molecule has 0 spiro atoms. The second-order valence-corrected chi connectivity index (χ2v) is 7.31. The Morgan fingerprint density at radius 1 is 0.900 bits per heavy atom. The van der Waals surface area contributed by atoms with E-state index < -0.39 is 17.6 Å². The molecule has 0 heterocycles. The molecule has 0 aliphatic carbocycles. The zero-order chi connectivity index (χ0) is 21.3. The second-order valence-electron chi connectivity index (χ2n) is 6.88. The van der Waals surface area contributed by atoms with Crippen molar-refractivity contribution < 1.29 is 18.3 Å². The summed E-state index contributed by atoms with van der Waals surface area (Å²) in [7, 11) is 1.54. The van der Waals surface area contributed by atoms with Crippen molar-refractivity contribution in [2.75, 3.05) is 13.7 Å². The van der Waals surface area contributed by atoms with Gasteiger partial charge in [-0.2, -0.15) is 0 Å². The summed E-state index contributed by atoms with van der Waals surface area (Å²) in [6.45, 7) is 0.314. The van der Waals surface area contributed by atoms with Crippen LogP contribution in [-0.2, 0) is 11.2 Å². The van der Waals surface area contributed by atoms with E-state index in [9.17, 15) is 4.39 Å². The summed E-state index contributed by atoms with van der Waals surface area (Å²) in [6.07, 6.45) is 0.170. The van der Waals surface area contributed by atoms with Crippen LogP contribution in [-0.4, -0.2) is 13.7 Å². The molecule has 0 amide bonds. The number of methoxy groups -OCH3 is 1. The number of halogens is 3. The van der Waals surface area contributed by atoms with Crippen molar-refractivity contribution in [2.45, 2.75) is 18.8 Å². The molecule has 156 valence electrons. The van der Waals surface area contributed by atoms with Gasteiger partial charge < -0.3 is 9.47 Å².